The first kappa shape index (κ1) is 16.5. The summed E-state index contributed by atoms with van der Waals surface area (Å²) in [5.74, 6) is 0.206. The molecule has 1 aromatic rings. The molecule has 7 heteroatoms. The van der Waals surface area contributed by atoms with Crippen LogP contribution in [0.5, 0.6) is 0 Å². The van der Waals surface area contributed by atoms with Gasteiger partial charge < -0.3 is 5.11 Å². The normalized spacial score (nSPS) is 18.9. The monoisotopic (exact) mass is 315 g/mol. The van der Waals surface area contributed by atoms with Crippen LogP contribution in [0.2, 0.25) is 0 Å². The standard InChI is InChI=1S/C14H25N3O3S/c1-10-14(11(2)17(3)16-10)21(19,20)15-9-13(18)12-7-5-4-6-8-12/h12-13,15,18H,4-9H2,1-3H3/t13-/m1/s1. The lowest BCUT2D eigenvalue weighted by Crippen LogP contribution is -2.37. The number of aliphatic hydroxyl groups excluding tert-OH is 1. The van der Waals surface area contributed by atoms with Crippen molar-refractivity contribution in [1.29, 1.82) is 0 Å². The molecule has 1 aliphatic carbocycles. The quantitative estimate of drug-likeness (QED) is 0.856. The van der Waals surface area contributed by atoms with E-state index in [0.29, 0.717) is 11.4 Å². The van der Waals surface area contributed by atoms with Gasteiger partial charge in [0.25, 0.3) is 0 Å². The summed E-state index contributed by atoms with van der Waals surface area (Å²) in [4.78, 5) is 0.223. The Balaban J connectivity index is 2.04. The van der Waals surface area contributed by atoms with Crippen molar-refractivity contribution in [3.05, 3.63) is 11.4 Å². The zero-order chi connectivity index (χ0) is 15.6. The first-order chi connectivity index (χ1) is 9.83. The van der Waals surface area contributed by atoms with Crippen molar-refractivity contribution in [3.63, 3.8) is 0 Å². The molecule has 1 aromatic heterocycles. The molecule has 21 heavy (non-hydrogen) atoms. The Morgan fingerprint density at radius 1 is 1.33 bits per heavy atom. The van der Waals surface area contributed by atoms with Crippen molar-refractivity contribution in [1.82, 2.24) is 14.5 Å². The van der Waals surface area contributed by atoms with Crippen LogP contribution >= 0.6 is 0 Å². The molecule has 0 aromatic carbocycles. The van der Waals surface area contributed by atoms with E-state index < -0.39 is 16.1 Å². The third kappa shape index (κ3) is 3.64. The predicted octanol–water partition coefficient (Wildman–Crippen LogP) is 1.26. The van der Waals surface area contributed by atoms with Gasteiger partial charge in [-0.2, -0.15) is 5.10 Å². The van der Waals surface area contributed by atoms with Gasteiger partial charge in [0.05, 0.1) is 17.5 Å². The molecule has 0 spiro atoms. The topological polar surface area (TPSA) is 84.2 Å². The van der Waals surface area contributed by atoms with Crippen LogP contribution in [-0.4, -0.2) is 36.0 Å². The van der Waals surface area contributed by atoms with Gasteiger partial charge in [0.2, 0.25) is 10.0 Å². The molecule has 1 heterocycles. The van der Waals surface area contributed by atoms with E-state index >= 15 is 0 Å². The lowest BCUT2D eigenvalue weighted by atomic mass is 9.85. The van der Waals surface area contributed by atoms with Crippen molar-refractivity contribution in [3.8, 4) is 0 Å². The minimum Gasteiger partial charge on any atom is -0.391 e. The number of nitrogens with one attached hydrogen (secondary N) is 1. The van der Waals surface area contributed by atoms with E-state index in [-0.39, 0.29) is 17.4 Å². The molecular formula is C14H25N3O3S. The van der Waals surface area contributed by atoms with Crippen molar-refractivity contribution < 1.29 is 13.5 Å². The maximum Gasteiger partial charge on any atom is 0.244 e. The molecule has 1 saturated carbocycles. The molecule has 0 aliphatic heterocycles. The Labute approximate surface area is 126 Å². The highest BCUT2D eigenvalue weighted by Gasteiger charge is 2.27. The highest BCUT2D eigenvalue weighted by atomic mass is 32.2. The van der Waals surface area contributed by atoms with Gasteiger partial charge in [-0.3, -0.25) is 4.68 Å². The second-order valence-electron chi connectivity index (χ2n) is 5.94. The Morgan fingerprint density at radius 2 is 1.95 bits per heavy atom. The fourth-order valence-electron chi connectivity index (χ4n) is 3.10. The van der Waals surface area contributed by atoms with Crippen molar-refractivity contribution in [2.45, 2.75) is 57.0 Å². The molecule has 0 bridgehead atoms. The van der Waals surface area contributed by atoms with Crippen LogP contribution in [0.25, 0.3) is 0 Å². The highest BCUT2D eigenvalue weighted by Crippen LogP contribution is 2.26. The van der Waals surface area contributed by atoms with Crippen LogP contribution in [0.15, 0.2) is 4.90 Å². The number of aliphatic hydroxyl groups is 1. The number of nitrogens with zero attached hydrogens (tertiary/aromatic N) is 2. The van der Waals surface area contributed by atoms with Gasteiger partial charge in [-0.05, 0) is 32.6 Å². The molecule has 1 fully saturated rings. The van der Waals surface area contributed by atoms with Gasteiger partial charge >= 0.3 is 0 Å². The zero-order valence-electron chi connectivity index (χ0n) is 13.0. The Kier molecular flexibility index (Phi) is 5.06. The minimum atomic E-state index is -3.63. The number of aryl methyl sites for hydroxylation is 2. The van der Waals surface area contributed by atoms with Gasteiger partial charge in [-0.1, -0.05) is 19.3 Å². The van der Waals surface area contributed by atoms with Gasteiger partial charge in [-0.25, -0.2) is 13.1 Å². The number of hydrogen-bond acceptors (Lipinski definition) is 4. The van der Waals surface area contributed by atoms with Gasteiger partial charge in [-0.15, -0.1) is 0 Å². The first-order valence-electron chi connectivity index (χ1n) is 7.51. The van der Waals surface area contributed by atoms with E-state index in [9.17, 15) is 13.5 Å². The summed E-state index contributed by atoms with van der Waals surface area (Å²) in [6.07, 6.45) is 4.80. The molecule has 120 valence electrons. The third-order valence-corrected chi connectivity index (χ3v) is 6.06. The Bertz CT molecular complexity index is 589. The number of sulfonamides is 1. The van der Waals surface area contributed by atoms with E-state index in [1.165, 1.54) is 6.42 Å². The Morgan fingerprint density at radius 3 is 2.48 bits per heavy atom. The molecule has 0 radical (unpaired) electrons. The van der Waals surface area contributed by atoms with Gasteiger partial charge in [0.1, 0.15) is 4.90 Å². The SMILES string of the molecule is Cc1nn(C)c(C)c1S(=O)(=O)NC[C@@H](O)C1CCCCC1. The third-order valence-electron chi connectivity index (χ3n) is 4.39. The van der Waals surface area contributed by atoms with E-state index in [1.54, 1.807) is 25.6 Å². The van der Waals surface area contributed by atoms with E-state index in [0.717, 1.165) is 25.7 Å². The number of aromatic nitrogens is 2. The summed E-state index contributed by atoms with van der Waals surface area (Å²) >= 11 is 0. The maximum absolute atomic E-state index is 12.4. The van der Waals surface area contributed by atoms with Crippen LogP contribution in [0.1, 0.15) is 43.5 Å². The van der Waals surface area contributed by atoms with E-state index in [4.69, 9.17) is 0 Å². The molecule has 1 atom stereocenters. The molecule has 2 rings (SSSR count). The second-order valence-corrected chi connectivity index (χ2v) is 7.64. The summed E-state index contributed by atoms with van der Waals surface area (Å²) in [7, 11) is -1.91. The maximum atomic E-state index is 12.4. The number of rotatable bonds is 5. The fourth-order valence-corrected chi connectivity index (χ4v) is 4.58. The lowest BCUT2D eigenvalue weighted by molar-refractivity contribution is 0.0888. The first-order valence-corrected chi connectivity index (χ1v) is 8.99. The molecule has 6 nitrogen and oxygen atoms in total. The molecule has 0 amide bonds. The molecule has 2 N–H and O–H groups in total. The summed E-state index contributed by atoms with van der Waals surface area (Å²) < 4.78 is 28.9. The Hall–Kier alpha value is -0.920. The summed E-state index contributed by atoms with van der Waals surface area (Å²) in [6, 6.07) is 0. The lowest BCUT2D eigenvalue weighted by Gasteiger charge is -2.26. The summed E-state index contributed by atoms with van der Waals surface area (Å²) in [5.41, 5.74) is 1.09. The largest absolute Gasteiger partial charge is 0.391 e. The highest BCUT2D eigenvalue weighted by molar-refractivity contribution is 7.89. The summed E-state index contributed by atoms with van der Waals surface area (Å²) in [5, 5.41) is 14.3. The minimum absolute atomic E-state index is 0.0702. The van der Waals surface area contributed by atoms with Crippen LogP contribution in [-0.2, 0) is 17.1 Å². The van der Waals surface area contributed by atoms with Crippen molar-refractivity contribution in [2.24, 2.45) is 13.0 Å². The average Bonchev–Trinajstić information content (AvgIpc) is 2.71. The van der Waals surface area contributed by atoms with Crippen LogP contribution in [0.3, 0.4) is 0 Å². The van der Waals surface area contributed by atoms with Crippen molar-refractivity contribution >= 4 is 10.0 Å². The van der Waals surface area contributed by atoms with Gasteiger partial charge in [0.15, 0.2) is 0 Å². The fraction of sp³-hybridized carbons (Fsp3) is 0.786. The van der Waals surface area contributed by atoms with Crippen molar-refractivity contribution in [2.75, 3.05) is 6.54 Å². The van der Waals surface area contributed by atoms with Crippen LogP contribution in [0.4, 0.5) is 0 Å². The van der Waals surface area contributed by atoms with Crippen LogP contribution < -0.4 is 4.72 Å². The molecular weight excluding hydrogens is 290 g/mol. The average molecular weight is 315 g/mol. The van der Waals surface area contributed by atoms with Crippen LogP contribution in [0, 0.1) is 19.8 Å². The van der Waals surface area contributed by atoms with E-state index in [1.807, 2.05) is 0 Å². The zero-order valence-corrected chi connectivity index (χ0v) is 13.8. The van der Waals surface area contributed by atoms with Gasteiger partial charge in [0, 0.05) is 13.6 Å². The predicted molar refractivity (Wildman–Crippen MR) is 80.5 cm³/mol. The smallest absolute Gasteiger partial charge is 0.244 e. The van der Waals surface area contributed by atoms with E-state index in [2.05, 4.69) is 9.82 Å². The number of hydrogen-bond donors (Lipinski definition) is 2. The summed E-state index contributed by atoms with van der Waals surface area (Å²) in [6.45, 7) is 3.48. The molecule has 0 unspecified atom stereocenters. The molecule has 1 aliphatic rings. The second kappa shape index (κ2) is 6.46. The molecule has 0 saturated heterocycles.